The number of alkyl halides is 3. The Balaban J connectivity index is 1.37. The van der Waals surface area contributed by atoms with Crippen LogP contribution in [0.1, 0.15) is 21.6 Å². The van der Waals surface area contributed by atoms with Gasteiger partial charge in [0.2, 0.25) is 0 Å². The molecule has 0 unspecified atom stereocenters. The van der Waals surface area contributed by atoms with Gasteiger partial charge >= 0.3 is 6.18 Å². The largest absolute Gasteiger partial charge is 0.416 e. The molecule has 1 fully saturated rings. The van der Waals surface area contributed by atoms with E-state index in [9.17, 15) is 18.0 Å². The summed E-state index contributed by atoms with van der Waals surface area (Å²) >= 11 is 0. The number of rotatable bonds is 3. The second-order valence-electron chi connectivity index (χ2n) is 7.04. The summed E-state index contributed by atoms with van der Waals surface area (Å²) in [6.45, 7) is 2.79. The van der Waals surface area contributed by atoms with Crippen molar-refractivity contribution in [2.24, 2.45) is 0 Å². The van der Waals surface area contributed by atoms with Crippen molar-refractivity contribution in [1.29, 1.82) is 0 Å². The Bertz CT molecular complexity index is 955. The maximum atomic E-state index is 12.9. The number of para-hydroxylation sites is 1. The second kappa shape index (κ2) is 7.31. The molecular weight excluding hydrogens is 367 g/mol. The minimum Gasteiger partial charge on any atom is -0.351 e. The molecule has 0 radical (unpaired) electrons. The number of carbonyl (C=O) groups is 1. The van der Waals surface area contributed by atoms with Gasteiger partial charge in [-0.25, -0.2) is 0 Å². The fourth-order valence-corrected chi connectivity index (χ4v) is 3.57. The van der Waals surface area contributed by atoms with Crippen LogP contribution in [0.2, 0.25) is 0 Å². The Hall–Kier alpha value is -2.80. The van der Waals surface area contributed by atoms with Crippen LogP contribution in [0, 0.1) is 0 Å². The average molecular weight is 387 g/mol. The molecule has 3 aromatic rings. The lowest BCUT2D eigenvalue weighted by Gasteiger charge is -2.34. The molecule has 1 amide bonds. The Morgan fingerprint density at radius 1 is 0.964 bits per heavy atom. The van der Waals surface area contributed by atoms with Gasteiger partial charge in [0.05, 0.1) is 5.56 Å². The molecule has 2 aromatic carbocycles. The molecule has 0 spiro atoms. The smallest absolute Gasteiger partial charge is 0.351 e. The molecule has 146 valence electrons. The van der Waals surface area contributed by atoms with E-state index in [1.807, 2.05) is 30.3 Å². The van der Waals surface area contributed by atoms with E-state index in [4.69, 9.17) is 0 Å². The van der Waals surface area contributed by atoms with Gasteiger partial charge in [0, 0.05) is 43.6 Å². The molecular formula is C21H20F3N3O. The quantitative estimate of drug-likeness (QED) is 0.734. The van der Waals surface area contributed by atoms with Crippen molar-refractivity contribution >= 4 is 16.8 Å². The van der Waals surface area contributed by atoms with Gasteiger partial charge in [-0.05, 0) is 23.8 Å². The highest BCUT2D eigenvalue weighted by molar-refractivity contribution is 5.98. The third-order valence-electron chi connectivity index (χ3n) is 5.08. The van der Waals surface area contributed by atoms with E-state index in [2.05, 4.69) is 9.88 Å². The fraction of sp³-hybridized carbons (Fsp3) is 0.286. The summed E-state index contributed by atoms with van der Waals surface area (Å²) in [5.74, 6) is -0.0464. The van der Waals surface area contributed by atoms with Gasteiger partial charge < -0.3 is 9.88 Å². The summed E-state index contributed by atoms with van der Waals surface area (Å²) in [4.78, 5) is 19.8. The lowest BCUT2D eigenvalue weighted by Crippen LogP contribution is -2.48. The number of nitrogens with zero attached hydrogens (tertiary/aromatic N) is 2. The van der Waals surface area contributed by atoms with E-state index in [-0.39, 0.29) is 5.91 Å². The highest BCUT2D eigenvalue weighted by Crippen LogP contribution is 2.29. The van der Waals surface area contributed by atoms with Crippen molar-refractivity contribution in [2.45, 2.75) is 12.7 Å². The highest BCUT2D eigenvalue weighted by atomic mass is 19.4. The van der Waals surface area contributed by atoms with Crippen LogP contribution in [0.15, 0.2) is 54.6 Å². The average Bonchev–Trinajstić information content (AvgIpc) is 3.12. The minimum atomic E-state index is -4.33. The summed E-state index contributed by atoms with van der Waals surface area (Å²) in [5.41, 5.74) is 1.49. The molecule has 1 aliphatic heterocycles. The van der Waals surface area contributed by atoms with E-state index < -0.39 is 11.7 Å². The molecule has 0 aliphatic carbocycles. The predicted molar refractivity (Wildman–Crippen MR) is 101 cm³/mol. The zero-order valence-electron chi connectivity index (χ0n) is 15.2. The Morgan fingerprint density at radius 2 is 1.71 bits per heavy atom. The maximum absolute atomic E-state index is 12.9. The molecule has 1 N–H and O–H groups in total. The van der Waals surface area contributed by atoms with Crippen molar-refractivity contribution in [2.75, 3.05) is 26.2 Å². The highest BCUT2D eigenvalue weighted by Gasteiger charge is 2.30. The number of hydrogen-bond acceptors (Lipinski definition) is 2. The summed E-state index contributed by atoms with van der Waals surface area (Å²) in [6, 6.07) is 15.0. The first kappa shape index (κ1) is 18.6. The Kier molecular flexibility index (Phi) is 4.85. The van der Waals surface area contributed by atoms with Gasteiger partial charge in [0.15, 0.2) is 0 Å². The van der Waals surface area contributed by atoms with Crippen LogP contribution in [0.5, 0.6) is 0 Å². The molecule has 0 bridgehead atoms. The second-order valence-corrected chi connectivity index (χ2v) is 7.04. The molecule has 7 heteroatoms. The van der Waals surface area contributed by atoms with Crippen molar-refractivity contribution in [1.82, 2.24) is 14.8 Å². The summed E-state index contributed by atoms with van der Waals surface area (Å²) in [7, 11) is 0. The SMILES string of the molecule is O=C(c1cc2ccccc2[nH]1)N1CCN(Cc2cccc(C(F)(F)F)c2)CC1. The third-order valence-corrected chi connectivity index (χ3v) is 5.08. The van der Waals surface area contributed by atoms with Gasteiger partial charge in [-0.3, -0.25) is 9.69 Å². The molecule has 28 heavy (non-hydrogen) atoms. The zero-order chi connectivity index (χ0) is 19.7. The number of aromatic nitrogens is 1. The van der Waals surface area contributed by atoms with Gasteiger partial charge in [-0.1, -0.05) is 36.4 Å². The van der Waals surface area contributed by atoms with Crippen LogP contribution in [0.3, 0.4) is 0 Å². The zero-order valence-corrected chi connectivity index (χ0v) is 15.2. The van der Waals surface area contributed by atoms with Crippen LogP contribution in [0.25, 0.3) is 10.9 Å². The lowest BCUT2D eigenvalue weighted by atomic mass is 10.1. The topological polar surface area (TPSA) is 39.3 Å². The van der Waals surface area contributed by atoms with Gasteiger partial charge in [0.25, 0.3) is 5.91 Å². The van der Waals surface area contributed by atoms with Crippen LogP contribution < -0.4 is 0 Å². The molecule has 4 nitrogen and oxygen atoms in total. The first-order valence-electron chi connectivity index (χ1n) is 9.16. The van der Waals surface area contributed by atoms with Gasteiger partial charge in [-0.15, -0.1) is 0 Å². The number of piperazine rings is 1. The molecule has 2 heterocycles. The number of H-pyrrole nitrogens is 1. The predicted octanol–water partition coefficient (Wildman–Crippen LogP) is 4.14. The van der Waals surface area contributed by atoms with Crippen molar-refractivity contribution in [3.63, 3.8) is 0 Å². The lowest BCUT2D eigenvalue weighted by molar-refractivity contribution is -0.137. The van der Waals surface area contributed by atoms with Crippen molar-refractivity contribution in [3.8, 4) is 0 Å². The van der Waals surface area contributed by atoms with E-state index in [1.54, 1.807) is 11.0 Å². The number of amides is 1. The fourth-order valence-electron chi connectivity index (χ4n) is 3.57. The number of aromatic amines is 1. The van der Waals surface area contributed by atoms with Gasteiger partial charge in [0.1, 0.15) is 5.69 Å². The molecule has 1 aliphatic rings. The van der Waals surface area contributed by atoms with Crippen LogP contribution in [0.4, 0.5) is 13.2 Å². The molecule has 1 saturated heterocycles. The van der Waals surface area contributed by atoms with Crippen LogP contribution in [-0.2, 0) is 12.7 Å². The monoisotopic (exact) mass is 387 g/mol. The first-order chi connectivity index (χ1) is 13.4. The Labute approximate surface area is 160 Å². The van der Waals surface area contributed by atoms with E-state index in [0.717, 1.165) is 17.0 Å². The first-order valence-corrected chi connectivity index (χ1v) is 9.16. The van der Waals surface area contributed by atoms with E-state index in [1.165, 1.54) is 12.1 Å². The van der Waals surface area contributed by atoms with Crippen molar-refractivity contribution < 1.29 is 18.0 Å². The van der Waals surface area contributed by atoms with Gasteiger partial charge in [-0.2, -0.15) is 13.2 Å². The van der Waals surface area contributed by atoms with E-state index in [0.29, 0.717) is 44.0 Å². The standard InChI is InChI=1S/C21H20F3N3O/c22-21(23,24)17-6-3-4-15(12-17)14-26-8-10-27(11-9-26)20(28)19-13-16-5-1-2-7-18(16)25-19/h1-7,12-13,25H,8-11,14H2. The van der Waals surface area contributed by atoms with Crippen molar-refractivity contribution in [3.05, 3.63) is 71.4 Å². The van der Waals surface area contributed by atoms with E-state index >= 15 is 0 Å². The summed E-state index contributed by atoms with van der Waals surface area (Å²) < 4.78 is 38.6. The number of halogens is 3. The molecule has 0 saturated carbocycles. The third kappa shape index (κ3) is 3.89. The molecule has 0 atom stereocenters. The number of benzene rings is 2. The summed E-state index contributed by atoms with van der Waals surface area (Å²) in [6.07, 6.45) is -4.33. The van der Waals surface area contributed by atoms with Crippen LogP contribution >= 0.6 is 0 Å². The Morgan fingerprint density at radius 3 is 2.43 bits per heavy atom. The summed E-state index contributed by atoms with van der Waals surface area (Å²) in [5, 5.41) is 0.994. The number of fused-ring (bicyclic) bond motifs is 1. The molecule has 1 aromatic heterocycles. The van der Waals surface area contributed by atoms with Crippen LogP contribution in [-0.4, -0.2) is 46.9 Å². The normalized spacial score (nSPS) is 15.9. The number of hydrogen-bond donors (Lipinski definition) is 1. The number of nitrogens with one attached hydrogen (secondary N) is 1. The maximum Gasteiger partial charge on any atom is 0.416 e. The number of carbonyl (C=O) groups excluding carboxylic acids is 1. The molecule has 4 rings (SSSR count). The minimum absolute atomic E-state index is 0.0464.